The molecule has 0 aliphatic rings. The molecule has 0 rings (SSSR count). The standard InChI is InChI=1S/C8H18O6S/c1-11-8(12-2,13-3)6-5-7-14-15(4,9)10/h5-7H2,1-4H3. The van der Waals surface area contributed by atoms with Crippen molar-refractivity contribution >= 4 is 10.1 Å². The van der Waals surface area contributed by atoms with Crippen LogP contribution < -0.4 is 0 Å². The van der Waals surface area contributed by atoms with Gasteiger partial charge in [0.25, 0.3) is 16.1 Å². The first kappa shape index (κ1) is 14.8. The molecule has 0 aromatic carbocycles. The second-order valence-electron chi connectivity index (χ2n) is 2.93. The quantitative estimate of drug-likeness (QED) is 0.347. The molecule has 15 heavy (non-hydrogen) atoms. The van der Waals surface area contributed by atoms with E-state index in [4.69, 9.17) is 14.2 Å². The summed E-state index contributed by atoms with van der Waals surface area (Å²) in [6.45, 7) is 0.0800. The highest BCUT2D eigenvalue weighted by molar-refractivity contribution is 7.85. The van der Waals surface area contributed by atoms with E-state index in [9.17, 15) is 8.42 Å². The van der Waals surface area contributed by atoms with Crippen LogP contribution in [0.15, 0.2) is 0 Å². The minimum Gasteiger partial charge on any atom is -0.331 e. The first-order valence-corrected chi connectivity index (χ1v) is 6.20. The zero-order valence-corrected chi connectivity index (χ0v) is 10.3. The summed E-state index contributed by atoms with van der Waals surface area (Å²) in [5.74, 6) is -1.12. The summed E-state index contributed by atoms with van der Waals surface area (Å²) in [5.41, 5.74) is 0. The van der Waals surface area contributed by atoms with E-state index in [1.807, 2.05) is 0 Å². The minimum atomic E-state index is -3.38. The van der Waals surface area contributed by atoms with Crippen molar-refractivity contribution in [1.29, 1.82) is 0 Å². The molecule has 92 valence electrons. The molecule has 0 saturated carbocycles. The van der Waals surface area contributed by atoms with E-state index in [0.29, 0.717) is 12.8 Å². The molecule has 0 aliphatic heterocycles. The normalized spacial score (nSPS) is 13.1. The van der Waals surface area contributed by atoms with E-state index in [-0.39, 0.29) is 6.61 Å². The van der Waals surface area contributed by atoms with Gasteiger partial charge in [-0.3, -0.25) is 4.18 Å². The molecule has 0 saturated heterocycles. The van der Waals surface area contributed by atoms with Gasteiger partial charge in [-0.2, -0.15) is 8.42 Å². The SMILES string of the molecule is COC(CCCOS(C)(=O)=O)(OC)OC. The fourth-order valence-electron chi connectivity index (χ4n) is 1.06. The summed E-state index contributed by atoms with van der Waals surface area (Å²) in [5, 5.41) is 0. The van der Waals surface area contributed by atoms with Gasteiger partial charge in [-0.1, -0.05) is 0 Å². The molecule has 0 unspecified atom stereocenters. The van der Waals surface area contributed by atoms with Gasteiger partial charge < -0.3 is 14.2 Å². The van der Waals surface area contributed by atoms with Gasteiger partial charge >= 0.3 is 0 Å². The third-order valence-electron chi connectivity index (χ3n) is 1.86. The van der Waals surface area contributed by atoms with Gasteiger partial charge in [0.05, 0.1) is 12.9 Å². The topological polar surface area (TPSA) is 71.1 Å². The molecule has 6 nitrogen and oxygen atoms in total. The summed E-state index contributed by atoms with van der Waals surface area (Å²) in [7, 11) is 0.962. The number of hydrogen-bond donors (Lipinski definition) is 0. The summed E-state index contributed by atoms with van der Waals surface area (Å²) < 4.78 is 40.9. The Morgan fingerprint density at radius 2 is 1.53 bits per heavy atom. The molecule has 0 N–H and O–H groups in total. The molecule has 0 aromatic heterocycles. The van der Waals surface area contributed by atoms with Crippen LogP contribution >= 0.6 is 0 Å². The Bertz CT molecular complexity index is 248. The third-order valence-corrected chi connectivity index (χ3v) is 2.45. The monoisotopic (exact) mass is 242 g/mol. The average molecular weight is 242 g/mol. The van der Waals surface area contributed by atoms with Crippen LogP contribution in [-0.2, 0) is 28.5 Å². The summed E-state index contributed by atoms with van der Waals surface area (Å²) in [6.07, 6.45) is 1.83. The van der Waals surface area contributed by atoms with Crippen molar-refractivity contribution in [3.8, 4) is 0 Å². The van der Waals surface area contributed by atoms with E-state index in [2.05, 4.69) is 4.18 Å². The van der Waals surface area contributed by atoms with E-state index >= 15 is 0 Å². The lowest BCUT2D eigenvalue weighted by Crippen LogP contribution is -2.36. The lowest BCUT2D eigenvalue weighted by Gasteiger charge is -2.28. The van der Waals surface area contributed by atoms with Crippen molar-refractivity contribution < 1.29 is 26.8 Å². The number of rotatable bonds is 8. The molecule has 0 radical (unpaired) electrons. The van der Waals surface area contributed by atoms with Crippen molar-refractivity contribution in [1.82, 2.24) is 0 Å². The molecule has 0 spiro atoms. The summed E-state index contributed by atoms with van der Waals surface area (Å²) >= 11 is 0. The maximum absolute atomic E-state index is 10.6. The van der Waals surface area contributed by atoms with Crippen LogP contribution in [0.25, 0.3) is 0 Å². The average Bonchev–Trinajstić information content (AvgIpc) is 2.18. The molecule has 0 fully saturated rings. The molecule has 0 aromatic rings. The van der Waals surface area contributed by atoms with Crippen LogP contribution in [0.3, 0.4) is 0 Å². The Hall–Kier alpha value is -0.210. The van der Waals surface area contributed by atoms with Gasteiger partial charge in [0, 0.05) is 27.8 Å². The van der Waals surface area contributed by atoms with Crippen LogP contribution in [0.1, 0.15) is 12.8 Å². The Kier molecular flexibility index (Phi) is 6.30. The largest absolute Gasteiger partial charge is 0.331 e. The van der Waals surface area contributed by atoms with E-state index in [1.54, 1.807) is 0 Å². The molecular formula is C8H18O6S. The summed E-state index contributed by atoms with van der Waals surface area (Å²) in [4.78, 5) is 0. The molecule has 7 heteroatoms. The summed E-state index contributed by atoms with van der Waals surface area (Å²) in [6, 6.07) is 0. The van der Waals surface area contributed by atoms with Crippen molar-refractivity contribution in [2.45, 2.75) is 18.8 Å². The molecule has 0 heterocycles. The van der Waals surface area contributed by atoms with E-state index in [0.717, 1.165) is 6.26 Å². The molecule has 0 aliphatic carbocycles. The first-order chi connectivity index (χ1) is 6.89. The Labute approximate surface area is 90.6 Å². The predicted molar refractivity (Wildman–Crippen MR) is 53.8 cm³/mol. The van der Waals surface area contributed by atoms with Gasteiger partial charge in [-0.25, -0.2) is 0 Å². The van der Waals surface area contributed by atoms with Gasteiger partial charge in [0.2, 0.25) is 0 Å². The lowest BCUT2D eigenvalue weighted by molar-refractivity contribution is -0.355. The Morgan fingerprint density at radius 1 is 1.07 bits per heavy atom. The molecule has 0 atom stereocenters. The van der Waals surface area contributed by atoms with Gasteiger partial charge in [-0.05, 0) is 6.42 Å². The van der Waals surface area contributed by atoms with E-state index < -0.39 is 16.1 Å². The second kappa shape index (κ2) is 6.39. The highest BCUT2D eigenvalue weighted by Gasteiger charge is 2.28. The van der Waals surface area contributed by atoms with Gasteiger partial charge in [-0.15, -0.1) is 0 Å². The van der Waals surface area contributed by atoms with Crippen molar-refractivity contribution in [3.05, 3.63) is 0 Å². The fraction of sp³-hybridized carbons (Fsp3) is 1.00. The van der Waals surface area contributed by atoms with Gasteiger partial charge in [0.1, 0.15) is 0 Å². The second-order valence-corrected chi connectivity index (χ2v) is 4.57. The zero-order chi connectivity index (χ0) is 11.9. The highest BCUT2D eigenvalue weighted by Crippen LogP contribution is 2.19. The Balaban J connectivity index is 3.92. The zero-order valence-electron chi connectivity index (χ0n) is 9.48. The maximum atomic E-state index is 10.6. The lowest BCUT2D eigenvalue weighted by atomic mass is 10.3. The van der Waals surface area contributed by atoms with Crippen LogP contribution in [0.4, 0.5) is 0 Å². The smallest absolute Gasteiger partial charge is 0.282 e. The molecular weight excluding hydrogens is 224 g/mol. The van der Waals surface area contributed by atoms with Gasteiger partial charge in [0.15, 0.2) is 0 Å². The minimum absolute atomic E-state index is 0.0800. The van der Waals surface area contributed by atoms with Crippen molar-refractivity contribution in [3.63, 3.8) is 0 Å². The van der Waals surface area contributed by atoms with Crippen LogP contribution in [0.2, 0.25) is 0 Å². The van der Waals surface area contributed by atoms with Crippen molar-refractivity contribution in [2.24, 2.45) is 0 Å². The number of methoxy groups -OCH3 is 3. The Morgan fingerprint density at radius 3 is 1.87 bits per heavy atom. The maximum Gasteiger partial charge on any atom is 0.282 e. The number of hydrogen-bond acceptors (Lipinski definition) is 6. The third kappa shape index (κ3) is 6.06. The van der Waals surface area contributed by atoms with Crippen LogP contribution in [-0.4, -0.2) is 48.6 Å². The van der Waals surface area contributed by atoms with Crippen molar-refractivity contribution in [2.75, 3.05) is 34.2 Å². The first-order valence-electron chi connectivity index (χ1n) is 4.39. The van der Waals surface area contributed by atoms with E-state index in [1.165, 1.54) is 21.3 Å². The fourth-order valence-corrected chi connectivity index (χ4v) is 1.48. The number of ether oxygens (including phenoxy) is 3. The molecule has 0 bridgehead atoms. The predicted octanol–water partition coefficient (Wildman–Crippen LogP) is 0.336. The highest BCUT2D eigenvalue weighted by atomic mass is 32.2. The van der Waals surface area contributed by atoms with Crippen LogP contribution in [0.5, 0.6) is 0 Å². The van der Waals surface area contributed by atoms with Crippen LogP contribution in [0, 0.1) is 0 Å². The molecule has 0 amide bonds.